The maximum Gasteiger partial charge on any atom is 0.134 e. The Labute approximate surface area is 128 Å². The Morgan fingerprint density at radius 3 is 3.00 bits per heavy atom. The van der Waals surface area contributed by atoms with Gasteiger partial charge in [0.1, 0.15) is 16.8 Å². The molecule has 0 aliphatic heterocycles. The smallest absolute Gasteiger partial charge is 0.134 e. The summed E-state index contributed by atoms with van der Waals surface area (Å²) in [5.74, 6) is 1.64. The highest BCUT2D eigenvalue weighted by Crippen LogP contribution is 2.30. The van der Waals surface area contributed by atoms with Gasteiger partial charge in [0.25, 0.3) is 0 Å². The van der Waals surface area contributed by atoms with Crippen molar-refractivity contribution in [1.82, 2.24) is 9.97 Å². The van der Waals surface area contributed by atoms with Gasteiger partial charge >= 0.3 is 0 Å². The molecule has 0 unspecified atom stereocenters. The average Bonchev–Trinajstić information content (AvgIpc) is 2.96. The zero-order valence-corrected chi connectivity index (χ0v) is 13.2. The fourth-order valence-corrected chi connectivity index (χ4v) is 3.95. The minimum Gasteiger partial charge on any atom is -0.365 e. The summed E-state index contributed by atoms with van der Waals surface area (Å²) >= 11 is 7.96. The van der Waals surface area contributed by atoms with E-state index >= 15 is 0 Å². The summed E-state index contributed by atoms with van der Waals surface area (Å²) < 4.78 is 0. The van der Waals surface area contributed by atoms with Crippen LogP contribution in [0.25, 0.3) is 0 Å². The van der Waals surface area contributed by atoms with Gasteiger partial charge in [-0.15, -0.1) is 11.3 Å². The zero-order valence-electron chi connectivity index (χ0n) is 11.6. The number of rotatable bonds is 5. The highest BCUT2D eigenvalue weighted by molar-refractivity contribution is 7.12. The molecule has 1 aliphatic carbocycles. The molecule has 0 aromatic carbocycles. The van der Waals surface area contributed by atoms with Crippen LogP contribution in [0.3, 0.4) is 0 Å². The summed E-state index contributed by atoms with van der Waals surface area (Å²) in [5, 5.41) is 3.88. The molecule has 0 fully saturated rings. The predicted molar refractivity (Wildman–Crippen MR) is 84.7 cm³/mol. The van der Waals surface area contributed by atoms with Crippen LogP contribution in [0.5, 0.6) is 0 Å². The predicted octanol–water partition coefficient (Wildman–Crippen LogP) is 4.24. The number of halogens is 1. The van der Waals surface area contributed by atoms with Crippen LogP contribution in [0.1, 0.15) is 40.9 Å². The maximum absolute atomic E-state index is 6.04. The van der Waals surface area contributed by atoms with Crippen molar-refractivity contribution in [1.29, 1.82) is 0 Å². The third-order valence-electron chi connectivity index (χ3n) is 3.46. The largest absolute Gasteiger partial charge is 0.365 e. The van der Waals surface area contributed by atoms with Crippen LogP contribution < -0.4 is 5.32 Å². The third kappa shape index (κ3) is 3.13. The van der Waals surface area contributed by atoms with E-state index in [-0.39, 0.29) is 0 Å². The highest BCUT2D eigenvalue weighted by atomic mass is 35.5. The summed E-state index contributed by atoms with van der Waals surface area (Å²) in [4.78, 5) is 11.7. The number of nitrogens with one attached hydrogen (secondary N) is 1. The fraction of sp³-hybridized carbons (Fsp3) is 0.467. The molecule has 0 saturated carbocycles. The molecule has 0 spiro atoms. The van der Waals surface area contributed by atoms with Gasteiger partial charge in [-0.2, -0.15) is 0 Å². The number of aromatic nitrogens is 2. The van der Waals surface area contributed by atoms with E-state index in [1.54, 1.807) is 16.5 Å². The molecule has 3 rings (SSSR count). The first-order chi connectivity index (χ1) is 9.74. The Hall–Kier alpha value is -1.13. The van der Waals surface area contributed by atoms with Gasteiger partial charge in [-0.05, 0) is 37.3 Å². The molecule has 0 radical (unpaired) electrons. The van der Waals surface area contributed by atoms with Gasteiger partial charge in [0.2, 0.25) is 0 Å². The van der Waals surface area contributed by atoms with Crippen LogP contribution in [0, 0.1) is 0 Å². The van der Waals surface area contributed by atoms with Crippen molar-refractivity contribution in [2.45, 2.75) is 45.6 Å². The van der Waals surface area contributed by atoms with Crippen molar-refractivity contribution in [2.24, 2.45) is 0 Å². The fourth-order valence-electron chi connectivity index (χ4n) is 2.55. The van der Waals surface area contributed by atoms with Gasteiger partial charge in [0.05, 0.1) is 6.54 Å². The van der Waals surface area contributed by atoms with Crippen LogP contribution in [0.2, 0.25) is 5.15 Å². The summed E-state index contributed by atoms with van der Waals surface area (Å²) in [5.41, 5.74) is 1.54. The Morgan fingerprint density at radius 2 is 2.20 bits per heavy atom. The van der Waals surface area contributed by atoms with Crippen molar-refractivity contribution < 1.29 is 0 Å². The molecule has 2 aromatic heterocycles. The molecular formula is C15H18ClN3S. The second kappa shape index (κ2) is 6.10. The summed E-state index contributed by atoms with van der Waals surface area (Å²) in [6.07, 6.45) is 5.70. The first kappa shape index (κ1) is 13.8. The lowest BCUT2D eigenvalue weighted by atomic mass is 10.2. The lowest BCUT2D eigenvalue weighted by Gasteiger charge is -2.06. The van der Waals surface area contributed by atoms with Gasteiger partial charge < -0.3 is 5.32 Å². The van der Waals surface area contributed by atoms with Gasteiger partial charge in [-0.25, -0.2) is 9.97 Å². The molecule has 106 valence electrons. The SMILES string of the molecule is CCCc1nc(Cl)cc(NCc2cc3c(s2)CCC3)n1. The molecule has 0 atom stereocenters. The number of hydrogen-bond donors (Lipinski definition) is 1. The van der Waals surface area contributed by atoms with Gasteiger partial charge in [-0.3, -0.25) is 0 Å². The minimum atomic E-state index is 0.514. The second-order valence-electron chi connectivity index (χ2n) is 5.11. The van der Waals surface area contributed by atoms with Gasteiger partial charge in [-0.1, -0.05) is 18.5 Å². The van der Waals surface area contributed by atoms with Crippen molar-refractivity contribution in [3.8, 4) is 0 Å². The topological polar surface area (TPSA) is 37.8 Å². The molecule has 0 bridgehead atoms. The molecule has 1 N–H and O–H groups in total. The monoisotopic (exact) mass is 307 g/mol. The van der Waals surface area contributed by atoms with Crippen LogP contribution in [0.4, 0.5) is 5.82 Å². The zero-order chi connectivity index (χ0) is 13.9. The van der Waals surface area contributed by atoms with E-state index in [0.29, 0.717) is 5.15 Å². The number of hydrogen-bond acceptors (Lipinski definition) is 4. The van der Waals surface area contributed by atoms with Crippen molar-refractivity contribution in [2.75, 3.05) is 5.32 Å². The van der Waals surface area contributed by atoms with Crippen LogP contribution in [-0.2, 0) is 25.8 Å². The molecule has 5 heteroatoms. The number of nitrogens with zero attached hydrogens (tertiary/aromatic N) is 2. The van der Waals surface area contributed by atoms with E-state index in [9.17, 15) is 0 Å². The summed E-state index contributed by atoms with van der Waals surface area (Å²) in [6, 6.07) is 4.12. The quantitative estimate of drug-likeness (QED) is 0.839. The van der Waals surface area contributed by atoms with E-state index in [4.69, 9.17) is 11.6 Å². The van der Waals surface area contributed by atoms with E-state index in [1.165, 1.54) is 24.1 Å². The lowest BCUT2D eigenvalue weighted by molar-refractivity contribution is 0.834. The molecule has 20 heavy (non-hydrogen) atoms. The van der Waals surface area contributed by atoms with E-state index < -0.39 is 0 Å². The molecule has 2 aromatic rings. The third-order valence-corrected chi connectivity index (χ3v) is 4.89. The number of fused-ring (bicyclic) bond motifs is 1. The number of anilines is 1. The Kier molecular flexibility index (Phi) is 4.22. The van der Waals surface area contributed by atoms with Gasteiger partial charge in [0.15, 0.2) is 0 Å². The minimum absolute atomic E-state index is 0.514. The Bertz CT molecular complexity index is 588. The summed E-state index contributed by atoms with van der Waals surface area (Å²) in [6.45, 7) is 2.93. The molecule has 1 aliphatic rings. The van der Waals surface area contributed by atoms with Gasteiger partial charge in [0, 0.05) is 22.2 Å². The van der Waals surface area contributed by atoms with E-state index in [2.05, 4.69) is 28.3 Å². The number of aryl methyl sites for hydroxylation is 3. The maximum atomic E-state index is 6.04. The molecular weight excluding hydrogens is 290 g/mol. The standard InChI is InChI=1S/C15H18ClN3S/c1-2-4-14-18-13(16)8-15(19-14)17-9-11-7-10-5-3-6-12(10)20-11/h7-8H,2-6,9H2,1H3,(H,17,18,19). The normalized spacial score (nSPS) is 13.5. The first-order valence-electron chi connectivity index (χ1n) is 7.12. The number of thiophene rings is 1. The lowest BCUT2D eigenvalue weighted by Crippen LogP contribution is -2.04. The van der Waals surface area contributed by atoms with Crippen molar-refractivity contribution >= 4 is 28.8 Å². The van der Waals surface area contributed by atoms with E-state index in [0.717, 1.165) is 31.0 Å². The average molecular weight is 308 g/mol. The van der Waals surface area contributed by atoms with E-state index in [1.807, 2.05) is 11.3 Å². The molecule has 3 nitrogen and oxygen atoms in total. The first-order valence-corrected chi connectivity index (χ1v) is 8.32. The van der Waals surface area contributed by atoms with Crippen LogP contribution in [0.15, 0.2) is 12.1 Å². The molecule has 2 heterocycles. The molecule has 0 amide bonds. The summed E-state index contributed by atoms with van der Waals surface area (Å²) in [7, 11) is 0. The van der Waals surface area contributed by atoms with Crippen molar-refractivity contribution in [3.05, 3.63) is 38.4 Å². The van der Waals surface area contributed by atoms with Crippen molar-refractivity contribution in [3.63, 3.8) is 0 Å². The highest BCUT2D eigenvalue weighted by Gasteiger charge is 2.14. The second-order valence-corrected chi connectivity index (χ2v) is 6.72. The Morgan fingerprint density at radius 1 is 1.30 bits per heavy atom. The van der Waals surface area contributed by atoms with Crippen LogP contribution in [-0.4, -0.2) is 9.97 Å². The Balaban J connectivity index is 1.68. The van der Waals surface area contributed by atoms with Crippen LogP contribution >= 0.6 is 22.9 Å². The molecule has 0 saturated heterocycles.